The number of hydrogen-bond donors (Lipinski definition) is 0. The number of nitrogens with zero attached hydrogens (tertiary/aromatic N) is 2. The van der Waals surface area contributed by atoms with Crippen molar-refractivity contribution in [3.05, 3.63) is 77.0 Å². The molecule has 0 spiro atoms. The van der Waals surface area contributed by atoms with E-state index in [1.165, 1.54) is 4.88 Å². The van der Waals surface area contributed by atoms with Crippen LogP contribution in [0.5, 0.6) is 5.75 Å². The van der Waals surface area contributed by atoms with Crippen LogP contribution in [-0.4, -0.2) is 48.5 Å². The number of carbonyl (C=O) groups excluding carboxylic acids is 1. The molecule has 1 aliphatic rings. The molecule has 0 aliphatic carbocycles. The van der Waals surface area contributed by atoms with E-state index in [0.29, 0.717) is 0 Å². The van der Waals surface area contributed by atoms with Crippen molar-refractivity contribution >= 4 is 17.2 Å². The van der Waals surface area contributed by atoms with E-state index in [9.17, 15) is 4.79 Å². The van der Waals surface area contributed by atoms with E-state index in [1.54, 1.807) is 11.3 Å². The van der Waals surface area contributed by atoms with Crippen LogP contribution in [0, 0.1) is 0 Å². The Bertz CT molecular complexity index is 888. The zero-order chi connectivity index (χ0) is 19.2. The Morgan fingerprint density at radius 1 is 0.893 bits per heavy atom. The summed E-state index contributed by atoms with van der Waals surface area (Å²) >= 11 is 1.79. The number of benzene rings is 2. The maximum atomic E-state index is 12.6. The van der Waals surface area contributed by atoms with Crippen molar-refractivity contribution in [2.75, 3.05) is 32.8 Å². The molecule has 1 aromatic heterocycles. The van der Waals surface area contributed by atoms with Crippen molar-refractivity contribution in [2.24, 2.45) is 0 Å². The molecule has 0 unspecified atom stereocenters. The number of thiophene rings is 1. The standard InChI is InChI=1S/C23H24N2O2S/c26-23(25-14-12-24(13-15-25)17-20-9-6-16-28-20)18-27-22-11-5-4-10-21(22)19-7-2-1-3-8-19/h1-11,16H,12-15,17-18H2. The predicted molar refractivity (Wildman–Crippen MR) is 114 cm³/mol. The third-order valence-electron chi connectivity index (χ3n) is 5.01. The van der Waals surface area contributed by atoms with Crippen LogP contribution in [0.4, 0.5) is 0 Å². The Balaban J connectivity index is 1.31. The number of amides is 1. The third-order valence-corrected chi connectivity index (χ3v) is 5.87. The van der Waals surface area contributed by atoms with Crippen LogP contribution in [0.3, 0.4) is 0 Å². The minimum Gasteiger partial charge on any atom is -0.483 e. The van der Waals surface area contributed by atoms with Gasteiger partial charge in [-0.1, -0.05) is 54.6 Å². The molecule has 1 fully saturated rings. The second-order valence-electron chi connectivity index (χ2n) is 6.89. The largest absolute Gasteiger partial charge is 0.483 e. The summed E-state index contributed by atoms with van der Waals surface area (Å²) in [4.78, 5) is 18.3. The van der Waals surface area contributed by atoms with Crippen molar-refractivity contribution in [3.63, 3.8) is 0 Å². The van der Waals surface area contributed by atoms with Gasteiger partial charge in [0.05, 0.1) is 0 Å². The molecule has 1 aliphatic heterocycles. The van der Waals surface area contributed by atoms with Gasteiger partial charge in [0.1, 0.15) is 5.75 Å². The number of ether oxygens (including phenoxy) is 1. The van der Waals surface area contributed by atoms with Crippen LogP contribution in [0.15, 0.2) is 72.1 Å². The van der Waals surface area contributed by atoms with Gasteiger partial charge in [-0.15, -0.1) is 11.3 Å². The van der Waals surface area contributed by atoms with Gasteiger partial charge in [0.25, 0.3) is 5.91 Å². The summed E-state index contributed by atoms with van der Waals surface area (Å²) in [6.45, 7) is 4.38. The molecule has 0 bridgehead atoms. The molecule has 2 aromatic carbocycles. The first kappa shape index (κ1) is 18.7. The highest BCUT2D eigenvalue weighted by Gasteiger charge is 2.22. The molecular formula is C23H24N2O2S. The first-order valence-electron chi connectivity index (χ1n) is 9.59. The van der Waals surface area contributed by atoms with Crippen LogP contribution >= 0.6 is 11.3 Å². The fourth-order valence-corrected chi connectivity index (χ4v) is 4.20. The van der Waals surface area contributed by atoms with Crippen LogP contribution in [0.2, 0.25) is 0 Å². The van der Waals surface area contributed by atoms with Gasteiger partial charge in [-0.3, -0.25) is 9.69 Å². The van der Waals surface area contributed by atoms with E-state index in [-0.39, 0.29) is 12.5 Å². The second-order valence-corrected chi connectivity index (χ2v) is 7.92. The quantitative estimate of drug-likeness (QED) is 0.632. The average Bonchev–Trinajstić information content (AvgIpc) is 3.26. The maximum absolute atomic E-state index is 12.6. The lowest BCUT2D eigenvalue weighted by Gasteiger charge is -2.34. The van der Waals surface area contributed by atoms with Gasteiger partial charge >= 0.3 is 0 Å². The molecule has 1 amide bonds. The summed E-state index contributed by atoms with van der Waals surface area (Å²) in [5.74, 6) is 0.803. The molecule has 4 nitrogen and oxygen atoms in total. The SMILES string of the molecule is O=C(COc1ccccc1-c1ccccc1)N1CCN(Cc2cccs2)CC1. The molecule has 0 saturated carbocycles. The van der Waals surface area contributed by atoms with Crippen molar-refractivity contribution in [1.29, 1.82) is 0 Å². The molecule has 5 heteroatoms. The number of piperazine rings is 1. The molecule has 3 aromatic rings. The third kappa shape index (κ3) is 4.61. The molecule has 0 N–H and O–H groups in total. The Hall–Kier alpha value is -2.63. The van der Waals surface area contributed by atoms with Crippen molar-refractivity contribution < 1.29 is 9.53 Å². The molecule has 144 valence electrons. The van der Waals surface area contributed by atoms with Crippen molar-refractivity contribution in [1.82, 2.24) is 9.80 Å². The van der Waals surface area contributed by atoms with Gasteiger partial charge in [0.2, 0.25) is 0 Å². The van der Waals surface area contributed by atoms with Crippen LogP contribution in [-0.2, 0) is 11.3 Å². The van der Waals surface area contributed by atoms with Crippen LogP contribution in [0.1, 0.15) is 4.88 Å². The fraction of sp³-hybridized carbons (Fsp3) is 0.261. The van der Waals surface area contributed by atoms with Gasteiger partial charge in [-0.25, -0.2) is 0 Å². The first-order valence-corrected chi connectivity index (χ1v) is 10.5. The Morgan fingerprint density at radius 3 is 2.39 bits per heavy atom. The molecule has 4 rings (SSSR count). The molecule has 0 atom stereocenters. The lowest BCUT2D eigenvalue weighted by molar-refractivity contribution is -0.135. The average molecular weight is 393 g/mol. The number of carbonyl (C=O) groups is 1. The summed E-state index contributed by atoms with van der Waals surface area (Å²) in [6.07, 6.45) is 0. The van der Waals surface area contributed by atoms with Crippen LogP contribution in [0.25, 0.3) is 11.1 Å². The molecule has 2 heterocycles. The summed E-state index contributed by atoms with van der Waals surface area (Å²) in [7, 11) is 0. The first-order chi connectivity index (χ1) is 13.8. The van der Waals surface area contributed by atoms with Gasteiger partial charge in [-0.2, -0.15) is 0 Å². The summed E-state index contributed by atoms with van der Waals surface area (Å²) in [6, 6.07) is 22.2. The number of hydrogen-bond acceptors (Lipinski definition) is 4. The maximum Gasteiger partial charge on any atom is 0.260 e. The predicted octanol–water partition coefficient (Wildman–Crippen LogP) is 4.14. The summed E-state index contributed by atoms with van der Waals surface area (Å²) in [5, 5.41) is 2.11. The van der Waals surface area contributed by atoms with Crippen molar-refractivity contribution in [3.8, 4) is 16.9 Å². The van der Waals surface area contributed by atoms with E-state index < -0.39 is 0 Å². The Morgan fingerprint density at radius 2 is 1.64 bits per heavy atom. The summed E-state index contributed by atoms with van der Waals surface area (Å²) < 4.78 is 5.92. The molecule has 0 radical (unpaired) electrons. The highest BCUT2D eigenvalue weighted by molar-refractivity contribution is 7.09. The summed E-state index contributed by atoms with van der Waals surface area (Å²) in [5.41, 5.74) is 2.10. The van der Waals surface area contributed by atoms with E-state index in [0.717, 1.165) is 49.6 Å². The number of rotatable bonds is 6. The van der Waals surface area contributed by atoms with E-state index in [4.69, 9.17) is 4.74 Å². The highest BCUT2D eigenvalue weighted by atomic mass is 32.1. The Kier molecular flexibility index (Phi) is 6.04. The monoisotopic (exact) mass is 392 g/mol. The lowest BCUT2D eigenvalue weighted by atomic mass is 10.1. The minimum atomic E-state index is 0.0543. The Labute approximate surface area is 170 Å². The normalized spacial score (nSPS) is 14.8. The number of para-hydroxylation sites is 1. The topological polar surface area (TPSA) is 32.8 Å². The molecule has 1 saturated heterocycles. The van der Waals surface area contributed by atoms with E-state index in [2.05, 4.69) is 34.5 Å². The minimum absolute atomic E-state index is 0.0543. The van der Waals surface area contributed by atoms with Crippen LogP contribution < -0.4 is 4.74 Å². The zero-order valence-electron chi connectivity index (χ0n) is 15.8. The van der Waals surface area contributed by atoms with Gasteiger partial charge in [0, 0.05) is 43.2 Å². The van der Waals surface area contributed by atoms with Gasteiger partial charge < -0.3 is 9.64 Å². The zero-order valence-corrected chi connectivity index (χ0v) is 16.6. The second kappa shape index (κ2) is 9.04. The van der Waals surface area contributed by atoms with E-state index >= 15 is 0 Å². The lowest BCUT2D eigenvalue weighted by Crippen LogP contribution is -2.49. The molecule has 28 heavy (non-hydrogen) atoms. The smallest absolute Gasteiger partial charge is 0.260 e. The van der Waals surface area contributed by atoms with Crippen molar-refractivity contribution in [2.45, 2.75) is 6.54 Å². The highest BCUT2D eigenvalue weighted by Crippen LogP contribution is 2.29. The fourth-order valence-electron chi connectivity index (χ4n) is 3.46. The van der Waals surface area contributed by atoms with E-state index in [1.807, 2.05) is 47.4 Å². The molecular weight excluding hydrogens is 368 g/mol. The van der Waals surface area contributed by atoms with Gasteiger partial charge in [-0.05, 0) is 23.1 Å². The van der Waals surface area contributed by atoms with Gasteiger partial charge in [0.15, 0.2) is 6.61 Å².